The summed E-state index contributed by atoms with van der Waals surface area (Å²) >= 11 is 1.32. The highest BCUT2D eigenvalue weighted by Crippen LogP contribution is 2.33. The summed E-state index contributed by atoms with van der Waals surface area (Å²) in [4.78, 5) is 30.1. The summed E-state index contributed by atoms with van der Waals surface area (Å²) < 4.78 is 2.24. The van der Waals surface area contributed by atoms with Crippen molar-refractivity contribution in [2.24, 2.45) is 5.92 Å². The number of imidazole rings is 1. The van der Waals surface area contributed by atoms with E-state index in [-0.39, 0.29) is 17.7 Å². The van der Waals surface area contributed by atoms with E-state index in [0.29, 0.717) is 4.88 Å². The van der Waals surface area contributed by atoms with Gasteiger partial charge in [0.15, 0.2) is 0 Å². The van der Waals surface area contributed by atoms with Crippen LogP contribution < -0.4 is 10.6 Å². The molecular weight excluding hydrogens is 396 g/mol. The number of hydrogen-bond donors (Lipinski definition) is 2. The molecule has 2 aliphatic rings. The van der Waals surface area contributed by atoms with Gasteiger partial charge in [-0.15, -0.1) is 11.3 Å². The summed E-state index contributed by atoms with van der Waals surface area (Å²) in [5.41, 5.74) is 3.63. The van der Waals surface area contributed by atoms with Gasteiger partial charge in [0, 0.05) is 36.3 Å². The Hall–Kier alpha value is -2.93. The molecule has 7 heteroatoms. The molecule has 1 aliphatic heterocycles. The van der Waals surface area contributed by atoms with Crippen LogP contribution in [0.4, 0.5) is 10.7 Å². The summed E-state index contributed by atoms with van der Waals surface area (Å²) in [6.07, 6.45) is 7.49. The number of rotatable bonds is 5. The average molecular weight is 421 g/mol. The fourth-order valence-electron chi connectivity index (χ4n) is 3.80. The van der Waals surface area contributed by atoms with E-state index in [2.05, 4.69) is 21.4 Å². The van der Waals surface area contributed by atoms with E-state index in [0.717, 1.165) is 59.1 Å². The van der Waals surface area contributed by atoms with Crippen molar-refractivity contribution in [1.29, 1.82) is 0 Å². The van der Waals surface area contributed by atoms with Gasteiger partial charge in [0.2, 0.25) is 5.91 Å². The van der Waals surface area contributed by atoms with Gasteiger partial charge in [0.25, 0.3) is 5.91 Å². The van der Waals surface area contributed by atoms with E-state index in [4.69, 9.17) is 4.98 Å². The SMILES string of the molecule is Cc1cc(NC(=O)C2CC2)sc1C(=O)Nc1ccc(-c2cn3c(n2)CCCC3)cc1. The predicted octanol–water partition coefficient (Wildman–Crippen LogP) is 4.86. The van der Waals surface area contributed by atoms with Gasteiger partial charge in [-0.05, 0) is 56.4 Å². The molecule has 0 bridgehead atoms. The number of benzene rings is 1. The van der Waals surface area contributed by atoms with Crippen LogP contribution in [0, 0.1) is 12.8 Å². The molecular formula is C23H24N4O2S. The average Bonchev–Trinajstić information content (AvgIpc) is 3.41. The standard InChI is InChI=1S/C23H24N4O2S/c1-14-12-20(26-22(28)16-5-6-16)30-21(14)23(29)24-17-9-7-15(8-10-17)18-13-27-11-3-2-4-19(27)25-18/h7-10,12-13,16H,2-6,11H2,1H3,(H,24,29)(H,26,28). The van der Waals surface area contributed by atoms with Gasteiger partial charge in [-0.3, -0.25) is 9.59 Å². The van der Waals surface area contributed by atoms with Crippen LogP contribution in [0.3, 0.4) is 0 Å². The molecule has 1 fully saturated rings. The van der Waals surface area contributed by atoms with Gasteiger partial charge in [-0.2, -0.15) is 0 Å². The quantitative estimate of drug-likeness (QED) is 0.619. The van der Waals surface area contributed by atoms with Crippen molar-refractivity contribution < 1.29 is 9.59 Å². The highest BCUT2D eigenvalue weighted by atomic mass is 32.1. The lowest BCUT2D eigenvalue weighted by Gasteiger charge is -2.11. The molecule has 30 heavy (non-hydrogen) atoms. The monoisotopic (exact) mass is 420 g/mol. The zero-order chi connectivity index (χ0) is 20.7. The lowest BCUT2D eigenvalue weighted by Crippen LogP contribution is -2.12. The number of hydrogen-bond acceptors (Lipinski definition) is 4. The van der Waals surface area contributed by atoms with E-state index < -0.39 is 0 Å². The van der Waals surface area contributed by atoms with E-state index >= 15 is 0 Å². The molecule has 0 saturated heterocycles. The van der Waals surface area contributed by atoms with Crippen molar-refractivity contribution in [3.05, 3.63) is 52.8 Å². The zero-order valence-electron chi connectivity index (χ0n) is 16.9. The van der Waals surface area contributed by atoms with Crippen LogP contribution in [0.2, 0.25) is 0 Å². The summed E-state index contributed by atoms with van der Waals surface area (Å²) in [5.74, 6) is 1.20. The number of aromatic nitrogens is 2. The number of anilines is 2. The van der Waals surface area contributed by atoms with Gasteiger partial charge >= 0.3 is 0 Å². The molecule has 0 unspecified atom stereocenters. The molecule has 2 amide bonds. The Morgan fingerprint density at radius 2 is 1.93 bits per heavy atom. The van der Waals surface area contributed by atoms with E-state index in [1.807, 2.05) is 37.3 Å². The van der Waals surface area contributed by atoms with Crippen molar-refractivity contribution in [3.8, 4) is 11.3 Å². The number of carbonyl (C=O) groups excluding carboxylic acids is 2. The minimum absolute atomic E-state index is 0.0553. The summed E-state index contributed by atoms with van der Waals surface area (Å²) in [7, 11) is 0. The molecule has 5 rings (SSSR count). The first-order chi connectivity index (χ1) is 14.6. The Kier molecular flexibility index (Phi) is 4.90. The van der Waals surface area contributed by atoms with Crippen LogP contribution in [0.25, 0.3) is 11.3 Å². The molecule has 6 nitrogen and oxygen atoms in total. The second-order valence-corrected chi connectivity index (χ2v) is 9.16. The first-order valence-electron chi connectivity index (χ1n) is 10.5. The lowest BCUT2D eigenvalue weighted by molar-refractivity contribution is -0.117. The zero-order valence-corrected chi connectivity index (χ0v) is 17.7. The summed E-state index contributed by atoms with van der Waals surface area (Å²) in [5, 5.41) is 6.61. The molecule has 2 aromatic heterocycles. The van der Waals surface area contributed by atoms with Crippen LogP contribution in [0.15, 0.2) is 36.5 Å². The van der Waals surface area contributed by atoms with Crippen LogP contribution in [-0.4, -0.2) is 21.4 Å². The number of nitrogens with zero attached hydrogens (tertiary/aromatic N) is 2. The molecule has 2 N–H and O–H groups in total. The first-order valence-corrected chi connectivity index (χ1v) is 11.3. The topological polar surface area (TPSA) is 76.0 Å². The predicted molar refractivity (Wildman–Crippen MR) is 119 cm³/mol. The number of fused-ring (bicyclic) bond motifs is 1. The third-order valence-corrected chi connectivity index (χ3v) is 6.82. The van der Waals surface area contributed by atoms with Gasteiger partial charge < -0.3 is 15.2 Å². The van der Waals surface area contributed by atoms with Crippen LogP contribution in [0.5, 0.6) is 0 Å². The molecule has 1 saturated carbocycles. The Morgan fingerprint density at radius 1 is 1.13 bits per heavy atom. The lowest BCUT2D eigenvalue weighted by atomic mass is 10.1. The van der Waals surface area contributed by atoms with Crippen molar-refractivity contribution in [3.63, 3.8) is 0 Å². The Labute approximate surface area is 179 Å². The third-order valence-electron chi connectivity index (χ3n) is 5.67. The highest BCUT2D eigenvalue weighted by Gasteiger charge is 2.30. The number of nitrogens with one attached hydrogen (secondary N) is 2. The number of thiophene rings is 1. The molecule has 0 radical (unpaired) electrons. The van der Waals surface area contributed by atoms with Gasteiger partial charge in [0.05, 0.1) is 15.6 Å². The largest absolute Gasteiger partial charge is 0.334 e. The molecule has 0 atom stereocenters. The van der Waals surface area contributed by atoms with Crippen molar-refractivity contribution in [2.45, 2.75) is 45.6 Å². The molecule has 3 heterocycles. The highest BCUT2D eigenvalue weighted by molar-refractivity contribution is 7.18. The maximum Gasteiger partial charge on any atom is 0.266 e. The number of aryl methyl sites for hydroxylation is 3. The summed E-state index contributed by atoms with van der Waals surface area (Å²) in [6, 6.07) is 9.66. The van der Waals surface area contributed by atoms with E-state index in [1.165, 1.54) is 24.2 Å². The molecule has 1 aromatic carbocycles. The number of amides is 2. The minimum atomic E-state index is -0.158. The maximum atomic E-state index is 12.7. The van der Waals surface area contributed by atoms with Crippen LogP contribution in [0.1, 0.15) is 46.7 Å². The van der Waals surface area contributed by atoms with Gasteiger partial charge in [0.1, 0.15) is 5.82 Å². The molecule has 3 aromatic rings. The first kappa shape index (κ1) is 19.1. The molecule has 1 aliphatic carbocycles. The van der Waals surface area contributed by atoms with Crippen molar-refractivity contribution in [1.82, 2.24) is 9.55 Å². The fraction of sp³-hybridized carbons (Fsp3) is 0.348. The molecule has 0 spiro atoms. The van der Waals surface area contributed by atoms with Crippen LogP contribution >= 0.6 is 11.3 Å². The summed E-state index contributed by atoms with van der Waals surface area (Å²) in [6.45, 7) is 2.93. The normalized spacial score (nSPS) is 15.5. The van der Waals surface area contributed by atoms with Crippen LogP contribution in [-0.2, 0) is 17.8 Å². The Bertz CT molecular complexity index is 1090. The van der Waals surface area contributed by atoms with Crippen molar-refractivity contribution in [2.75, 3.05) is 10.6 Å². The van der Waals surface area contributed by atoms with Crippen molar-refractivity contribution >= 4 is 33.8 Å². The second-order valence-electron chi connectivity index (χ2n) is 8.11. The third kappa shape index (κ3) is 3.89. The smallest absolute Gasteiger partial charge is 0.266 e. The fourth-order valence-corrected chi connectivity index (χ4v) is 4.77. The van der Waals surface area contributed by atoms with E-state index in [9.17, 15) is 9.59 Å². The minimum Gasteiger partial charge on any atom is -0.334 e. The Balaban J connectivity index is 1.26. The number of carbonyl (C=O) groups is 2. The van der Waals surface area contributed by atoms with E-state index in [1.54, 1.807) is 0 Å². The van der Waals surface area contributed by atoms with Gasteiger partial charge in [-0.25, -0.2) is 4.98 Å². The van der Waals surface area contributed by atoms with Gasteiger partial charge in [-0.1, -0.05) is 12.1 Å². The maximum absolute atomic E-state index is 12.7. The second kappa shape index (κ2) is 7.72. The molecule has 154 valence electrons. The Morgan fingerprint density at radius 3 is 2.67 bits per heavy atom.